The molecule has 0 atom stereocenters. The lowest BCUT2D eigenvalue weighted by atomic mass is 9.78. The van der Waals surface area contributed by atoms with Gasteiger partial charge in [0.15, 0.2) is 0 Å². The van der Waals surface area contributed by atoms with Gasteiger partial charge in [-0.15, -0.1) is 0 Å². The zero-order valence-corrected chi connectivity index (χ0v) is 11.6. The van der Waals surface area contributed by atoms with Gasteiger partial charge in [0.2, 0.25) is 5.91 Å². The summed E-state index contributed by atoms with van der Waals surface area (Å²) in [4.78, 5) is 12.1. The normalized spacial score (nSPS) is 17.5. The van der Waals surface area contributed by atoms with Crippen molar-refractivity contribution >= 4 is 5.91 Å². The van der Waals surface area contributed by atoms with E-state index in [1.807, 2.05) is 38.1 Å². The van der Waals surface area contributed by atoms with Crippen molar-refractivity contribution in [2.75, 3.05) is 0 Å². The molecule has 1 amide bonds. The minimum Gasteiger partial charge on any atom is -0.491 e. The van der Waals surface area contributed by atoms with Gasteiger partial charge in [-0.2, -0.15) is 0 Å². The highest BCUT2D eigenvalue weighted by molar-refractivity contribution is 5.88. The fraction of sp³-hybridized carbons (Fsp3) is 0.533. The Morgan fingerprint density at radius 1 is 1.26 bits per heavy atom. The average Bonchev–Trinajstić information content (AvgIpc) is 2.88. The number of hydrogen-bond donors (Lipinski definition) is 2. The van der Waals surface area contributed by atoms with Crippen LogP contribution in [0.25, 0.3) is 0 Å². The van der Waals surface area contributed by atoms with Gasteiger partial charge in [0.25, 0.3) is 0 Å². The summed E-state index contributed by atoms with van der Waals surface area (Å²) in [6.45, 7) is 3.99. The second-order valence-corrected chi connectivity index (χ2v) is 5.45. The Bertz CT molecular complexity index is 434. The van der Waals surface area contributed by atoms with Crippen LogP contribution in [0.1, 0.15) is 45.1 Å². The smallest absolute Gasteiger partial charge is 0.244 e. The molecule has 0 bridgehead atoms. The van der Waals surface area contributed by atoms with E-state index < -0.39 is 5.41 Å². The van der Waals surface area contributed by atoms with Gasteiger partial charge in [-0.05, 0) is 44.4 Å². The van der Waals surface area contributed by atoms with E-state index in [2.05, 4.69) is 5.43 Å². The third-order valence-electron chi connectivity index (χ3n) is 3.80. The van der Waals surface area contributed by atoms with Crippen molar-refractivity contribution in [3.8, 4) is 5.75 Å². The summed E-state index contributed by atoms with van der Waals surface area (Å²) in [7, 11) is 0. The standard InChI is InChI=1S/C15H22N2O2/c1-11(2)19-13-7-5-12(6-8-13)15(14(18)17-16)9-3-4-10-15/h5-8,11H,3-4,9-10,16H2,1-2H3,(H,17,18). The number of hydrazine groups is 1. The molecule has 2 rings (SSSR count). The van der Waals surface area contributed by atoms with Crippen LogP contribution in [0, 0.1) is 0 Å². The fourth-order valence-electron chi connectivity index (χ4n) is 2.89. The molecule has 1 aliphatic rings. The maximum Gasteiger partial charge on any atom is 0.244 e. The highest BCUT2D eigenvalue weighted by atomic mass is 16.5. The minimum absolute atomic E-state index is 0.0810. The molecular formula is C15H22N2O2. The Hall–Kier alpha value is -1.55. The lowest BCUT2D eigenvalue weighted by Gasteiger charge is -2.27. The first kappa shape index (κ1) is 13.9. The van der Waals surface area contributed by atoms with E-state index in [0.717, 1.165) is 37.0 Å². The fourth-order valence-corrected chi connectivity index (χ4v) is 2.89. The van der Waals surface area contributed by atoms with E-state index in [4.69, 9.17) is 10.6 Å². The molecule has 0 spiro atoms. The third-order valence-corrected chi connectivity index (χ3v) is 3.80. The second-order valence-electron chi connectivity index (χ2n) is 5.45. The molecule has 0 aliphatic heterocycles. The minimum atomic E-state index is -0.453. The van der Waals surface area contributed by atoms with Crippen LogP contribution in [-0.4, -0.2) is 12.0 Å². The number of nitrogens with one attached hydrogen (secondary N) is 1. The number of carbonyl (C=O) groups is 1. The first-order valence-corrected chi connectivity index (χ1v) is 6.87. The van der Waals surface area contributed by atoms with E-state index in [-0.39, 0.29) is 12.0 Å². The molecule has 1 saturated carbocycles. The summed E-state index contributed by atoms with van der Waals surface area (Å²) in [5.74, 6) is 6.10. The van der Waals surface area contributed by atoms with Crippen LogP contribution in [0.5, 0.6) is 5.75 Å². The highest BCUT2D eigenvalue weighted by Crippen LogP contribution is 2.41. The summed E-state index contributed by atoms with van der Waals surface area (Å²) in [6, 6.07) is 7.83. The van der Waals surface area contributed by atoms with Crippen LogP contribution in [-0.2, 0) is 10.2 Å². The summed E-state index contributed by atoms with van der Waals surface area (Å²) < 4.78 is 5.63. The van der Waals surface area contributed by atoms with Gasteiger partial charge in [0.05, 0.1) is 11.5 Å². The van der Waals surface area contributed by atoms with Crippen molar-refractivity contribution in [1.29, 1.82) is 0 Å². The number of carbonyl (C=O) groups excluding carboxylic acids is 1. The molecule has 0 saturated heterocycles. The van der Waals surface area contributed by atoms with Crippen LogP contribution >= 0.6 is 0 Å². The molecule has 1 aromatic carbocycles. The van der Waals surface area contributed by atoms with Crippen LogP contribution < -0.4 is 16.0 Å². The van der Waals surface area contributed by atoms with Crippen molar-refractivity contribution in [2.24, 2.45) is 5.84 Å². The Morgan fingerprint density at radius 3 is 2.32 bits per heavy atom. The number of amides is 1. The van der Waals surface area contributed by atoms with Crippen molar-refractivity contribution in [2.45, 2.75) is 51.0 Å². The first-order valence-electron chi connectivity index (χ1n) is 6.87. The van der Waals surface area contributed by atoms with Gasteiger partial charge < -0.3 is 4.74 Å². The van der Waals surface area contributed by atoms with Crippen LogP contribution in [0.15, 0.2) is 24.3 Å². The molecule has 19 heavy (non-hydrogen) atoms. The summed E-state index contributed by atoms with van der Waals surface area (Å²) in [5, 5.41) is 0. The molecule has 4 nitrogen and oxygen atoms in total. The topological polar surface area (TPSA) is 64.3 Å². The molecule has 1 fully saturated rings. The van der Waals surface area contributed by atoms with Crippen molar-refractivity contribution in [3.63, 3.8) is 0 Å². The predicted molar refractivity (Wildman–Crippen MR) is 74.7 cm³/mol. The van der Waals surface area contributed by atoms with Gasteiger partial charge in [0, 0.05) is 0 Å². The van der Waals surface area contributed by atoms with Crippen molar-refractivity contribution in [1.82, 2.24) is 5.43 Å². The Kier molecular flexibility index (Phi) is 4.10. The molecule has 104 valence electrons. The second kappa shape index (κ2) is 5.61. The first-order chi connectivity index (χ1) is 9.08. The quantitative estimate of drug-likeness (QED) is 0.497. The van der Waals surface area contributed by atoms with Crippen molar-refractivity contribution < 1.29 is 9.53 Å². The highest BCUT2D eigenvalue weighted by Gasteiger charge is 2.42. The molecule has 1 aliphatic carbocycles. The monoisotopic (exact) mass is 262 g/mol. The molecule has 4 heteroatoms. The van der Waals surface area contributed by atoms with Gasteiger partial charge >= 0.3 is 0 Å². The Labute approximate surface area is 114 Å². The van der Waals surface area contributed by atoms with Crippen LogP contribution in [0.3, 0.4) is 0 Å². The molecule has 1 aromatic rings. The van der Waals surface area contributed by atoms with E-state index in [0.29, 0.717) is 0 Å². The molecule has 0 aromatic heterocycles. The SMILES string of the molecule is CC(C)Oc1ccc(C2(C(=O)NN)CCCC2)cc1. The zero-order chi connectivity index (χ0) is 13.9. The number of benzene rings is 1. The summed E-state index contributed by atoms with van der Waals surface area (Å²) in [6.07, 6.45) is 4.01. The summed E-state index contributed by atoms with van der Waals surface area (Å²) in [5.41, 5.74) is 2.90. The maximum absolute atomic E-state index is 12.1. The van der Waals surface area contributed by atoms with Crippen LogP contribution in [0.4, 0.5) is 0 Å². The Morgan fingerprint density at radius 2 is 1.84 bits per heavy atom. The number of rotatable bonds is 4. The number of hydrogen-bond acceptors (Lipinski definition) is 3. The molecule has 0 heterocycles. The lowest BCUT2D eigenvalue weighted by molar-refractivity contribution is -0.126. The average molecular weight is 262 g/mol. The molecular weight excluding hydrogens is 240 g/mol. The molecule has 0 radical (unpaired) electrons. The Balaban J connectivity index is 2.26. The number of nitrogens with two attached hydrogens (primary N) is 1. The maximum atomic E-state index is 12.1. The summed E-state index contributed by atoms with van der Waals surface area (Å²) >= 11 is 0. The van der Waals surface area contributed by atoms with Gasteiger partial charge in [-0.3, -0.25) is 10.2 Å². The lowest BCUT2D eigenvalue weighted by Crippen LogP contribution is -2.45. The predicted octanol–water partition coefficient (Wildman–Crippen LogP) is 2.28. The van der Waals surface area contributed by atoms with E-state index in [1.165, 1.54) is 0 Å². The van der Waals surface area contributed by atoms with E-state index >= 15 is 0 Å². The van der Waals surface area contributed by atoms with Crippen LogP contribution in [0.2, 0.25) is 0 Å². The molecule has 0 unspecified atom stereocenters. The molecule has 3 N–H and O–H groups in total. The van der Waals surface area contributed by atoms with Gasteiger partial charge in [0.1, 0.15) is 5.75 Å². The zero-order valence-electron chi connectivity index (χ0n) is 11.6. The number of ether oxygens (including phenoxy) is 1. The van der Waals surface area contributed by atoms with Crippen molar-refractivity contribution in [3.05, 3.63) is 29.8 Å². The van der Waals surface area contributed by atoms with Gasteiger partial charge in [-0.1, -0.05) is 25.0 Å². The third kappa shape index (κ3) is 2.73. The van der Waals surface area contributed by atoms with E-state index in [9.17, 15) is 4.79 Å². The van der Waals surface area contributed by atoms with Gasteiger partial charge in [-0.25, -0.2) is 5.84 Å². The largest absolute Gasteiger partial charge is 0.491 e. The van der Waals surface area contributed by atoms with E-state index in [1.54, 1.807) is 0 Å².